The molecule has 0 fully saturated rings. The molecule has 2 aromatic heterocycles. The highest BCUT2D eigenvalue weighted by Crippen LogP contribution is 2.17. The fraction of sp³-hybridized carbons (Fsp3) is 0.133. The first-order valence-corrected chi connectivity index (χ1v) is 7.97. The van der Waals surface area contributed by atoms with E-state index in [4.69, 9.17) is 11.6 Å². The lowest BCUT2D eigenvalue weighted by Gasteiger charge is -2.04. The van der Waals surface area contributed by atoms with Crippen molar-refractivity contribution in [3.8, 4) is 0 Å². The maximum absolute atomic E-state index is 12.3. The first-order valence-electron chi connectivity index (χ1n) is 6.79. The van der Waals surface area contributed by atoms with Crippen molar-refractivity contribution in [3.63, 3.8) is 0 Å². The van der Waals surface area contributed by atoms with Crippen LogP contribution in [0.15, 0.2) is 47.2 Å². The topological polar surface area (TPSA) is 64.7 Å². The van der Waals surface area contributed by atoms with Crippen molar-refractivity contribution in [1.82, 2.24) is 19.6 Å². The highest BCUT2D eigenvalue weighted by molar-refractivity contribution is 9.10. The van der Waals surface area contributed by atoms with Crippen molar-refractivity contribution < 1.29 is 4.79 Å². The van der Waals surface area contributed by atoms with Gasteiger partial charge in [0.25, 0.3) is 5.91 Å². The lowest BCUT2D eigenvalue weighted by Crippen LogP contribution is -2.17. The third-order valence-electron chi connectivity index (χ3n) is 3.25. The summed E-state index contributed by atoms with van der Waals surface area (Å²) in [7, 11) is 1.71. The molecule has 0 bridgehead atoms. The van der Waals surface area contributed by atoms with Gasteiger partial charge in [0.1, 0.15) is 5.69 Å². The summed E-state index contributed by atoms with van der Waals surface area (Å²) in [5.41, 5.74) is 1.52. The normalized spacial score (nSPS) is 10.7. The Labute approximate surface area is 146 Å². The first kappa shape index (κ1) is 15.8. The van der Waals surface area contributed by atoms with Gasteiger partial charge in [0.2, 0.25) is 0 Å². The fourth-order valence-electron chi connectivity index (χ4n) is 2.13. The smallest absolute Gasteiger partial charge is 0.276 e. The minimum atomic E-state index is -0.270. The minimum absolute atomic E-state index is 0.270. The highest BCUT2D eigenvalue weighted by Gasteiger charge is 2.16. The number of nitrogens with one attached hydrogen (secondary N) is 1. The number of benzene rings is 1. The third-order valence-corrected chi connectivity index (χ3v) is 4.08. The largest absolute Gasteiger partial charge is 0.304 e. The molecule has 3 aromatic rings. The van der Waals surface area contributed by atoms with Gasteiger partial charge in [0.05, 0.1) is 17.2 Å². The predicted molar refractivity (Wildman–Crippen MR) is 91.6 cm³/mol. The van der Waals surface area contributed by atoms with Crippen LogP contribution >= 0.6 is 27.5 Å². The fourth-order valence-corrected chi connectivity index (χ4v) is 2.79. The van der Waals surface area contributed by atoms with Crippen LogP contribution in [-0.2, 0) is 13.6 Å². The number of rotatable bonds is 4. The van der Waals surface area contributed by atoms with Crippen LogP contribution in [-0.4, -0.2) is 25.5 Å². The summed E-state index contributed by atoms with van der Waals surface area (Å²) in [5.74, 6) is 0.214. The van der Waals surface area contributed by atoms with Crippen molar-refractivity contribution in [3.05, 3.63) is 63.5 Å². The van der Waals surface area contributed by atoms with Gasteiger partial charge in [0, 0.05) is 24.3 Å². The molecule has 1 N–H and O–H groups in total. The molecule has 1 aromatic carbocycles. The van der Waals surface area contributed by atoms with Crippen molar-refractivity contribution in [2.45, 2.75) is 6.54 Å². The van der Waals surface area contributed by atoms with E-state index in [2.05, 4.69) is 31.4 Å². The molecule has 0 atom stereocenters. The van der Waals surface area contributed by atoms with Crippen LogP contribution < -0.4 is 5.32 Å². The number of halogens is 2. The van der Waals surface area contributed by atoms with Gasteiger partial charge in [-0.25, -0.2) is 0 Å². The van der Waals surface area contributed by atoms with E-state index in [9.17, 15) is 4.79 Å². The van der Waals surface area contributed by atoms with Crippen LogP contribution in [0.5, 0.6) is 0 Å². The Morgan fingerprint density at radius 2 is 2.04 bits per heavy atom. The molecule has 0 spiro atoms. The van der Waals surface area contributed by atoms with Gasteiger partial charge < -0.3 is 5.32 Å². The Bertz CT molecular complexity index is 820. The van der Waals surface area contributed by atoms with Crippen LogP contribution in [0.2, 0.25) is 5.02 Å². The van der Waals surface area contributed by atoms with Crippen molar-refractivity contribution in [1.29, 1.82) is 0 Å². The molecule has 118 valence electrons. The summed E-state index contributed by atoms with van der Waals surface area (Å²) < 4.78 is 3.89. The van der Waals surface area contributed by atoms with E-state index in [1.807, 2.05) is 30.5 Å². The number of nitrogens with zero attached hydrogens (tertiary/aromatic N) is 4. The van der Waals surface area contributed by atoms with E-state index >= 15 is 0 Å². The van der Waals surface area contributed by atoms with Gasteiger partial charge in [-0.15, -0.1) is 0 Å². The van der Waals surface area contributed by atoms with Gasteiger partial charge in [0.15, 0.2) is 5.82 Å². The molecule has 0 unspecified atom stereocenters. The van der Waals surface area contributed by atoms with E-state index in [0.717, 1.165) is 5.56 Å². The number of carbonyl (C=O) groups is 1. The first-order chi connectivity index (χ1) is 11.0. The molecular weight excluding hydrogens is 382 g/mol. The molecule has 6 nitrogen and oxygen atoms in total. The Morgan fingerprint density at radius 3 is 2.70 bits per heavy atom. The molecule has 0 aliphatic carbocycles. The number of hydrogen-bond donors (Lipinski definition) is 1. The number of aryl methyl sites for hydroxylation is 1. The number of anilines is 1. The third kappa shape index (κ3) is 3.62. The maximum atomic E-state index is 12.3. The summed E-state index contributed by atoms with van der Waals surface area (Å²) in [5, 5.41) is 11.8. The second-order valence-corrected chi connectivity index (χ2v) is 6.23. The van der Waals surface area contributed by atoms with Gasteiger partial charge >= 0.3 is 0 Å². The minimum Gasteiger partial charge on any atom is -0.304 e. The van der Waals surface area contributed by atoms with Crippen molar-refractivity contribution in [2.24, 2.45) is 7.05 Å². The molecule has 0 saturated carbocycles. The second kappa shape index (κ2) is 6.55. The molecule has 0 radical (unpaired) electrons. The molecule has 0 aliphatic rings. The average Bonchev–Trinajstić information content (AvgIpc) is 3.08. The lowest BCUT2D eigenvalue weighted by molar-refractivity contribution is 0.101. The maximum Gasteiger partial charge on any atom is 0.276 e. The summed E-state index contributed by atoms with van der Waals surface area (Å²) in [6.07, 6.45) is 3.39. The quantitative estimate of drug-likeness (QED) is 0.738. The second-order valence-electron chi connectivity index (χ2n) is 4.94. The number of aromatic nitrogens is 4. The molecule has 8 heteroatoms. The zero-order valence-electron chi connectivity index (χ0n) is 12.2. The van der Waals surface area contributed by atoms with Crippen LogP contribution in [0.1, 0.15) is 16.1 Å². The molecule has 1 amide bonds. The van der Waals surface area contributed by atoms with E-state index in [-0.39, 0.29) is 5.91 Å². The Balaban J connectivity index is 1.70. The van der Waals surface area contributed by atoms with Gasteiger partial charge in [-0.1, -0.05) is 23.7 Å². The molecular formula is C15H13BrClN5O. The predicted octanol–water partition coefficient (Wildman–Crippen LogP) is 3.33. The monoisotopic (exact) mass is 393 g/mol. The van der Waals surface area contributed by atoms with E-state index in [1.165, 1.54) is 4.68 Å². The summed E-state index contributed by atoms with van der Waals surface area (Å²) in [6.45, 7) is 0.600. The SMILES string of the molecule is Cn1ncc(Br)c1C(=O)Nc1ccn(Cc2ccc(Cl)cc2)n1. The van der Waals surface area contributed by atoms with Crippen LogP contribution in [0, 0.1) is 0 Å². The van der Waals surface area contributed by atoms with Gasteiger partial charge in [-0.2, -0.15) is 10.2 Å². The van der Waals surface area contributed by atoms with E-state index < -0.39 is 0 Å². The van der Waals surface area contributed by atoms with Crippen LogP contribution in [0.3, 0.4) is 0 Å². The lowest BCUT2D eigenvalue weighted by atomic mass is 10.2. The molecule has 0 aliphatic heterocycles. The van der Waals surface area contributed by atoms with Gasteiger partial charge in [-0.3, -0.25) is 14.2 Å². The van der Waals surface area contributed by atoms with Crippen LogP contribution in [0.4, 0.5) is 5.82 Å². The zero-order chi connectivity index (χ0) is 16.4. The number of amides is 1. The van der Waals surface area contributed by atoms with E-state index in [0.29, 0.717) is 27.6 Å². The summed E-state index contributed by atoms with van der Waals surface area (Å²) >= 11 is 9.18. The Morgan fingerprint density at radius 1 is 1.30 bits per heavy atom. The molecule has 23 heavy (non-hydrogen) atoms. The number of hydrogen-bond acceptors (Lipinski definition) is 3. The summed E-state index contributed by atoms with van der Waals surface area (Å²) in [4.78, 5) is 12.3. The van der Waals surface area contributed by atoms with Crippen LogP contribution in [0.25, 0.3) is 0 Å². The standard InChI is InChI=1S/C15H13BrClN5O/c1-21-14(12(16)8-18-21)15(23)19-13-6-7-22(20-13)9-10-2-4-11(17)5-3-10/h2-8H,9H2,1H3,(H,19,20,23). The number of carbonyl (C=O) groups excluding carboxylic acids is 1. The molecule has 3 rings (SSSR count). The van der Waals surface area contributed by atoms with Gasteiger partial charge in [-0.05, 0) is 33.6 Å². The summed E-state index contributed by atoms with van der Waals surface area (Å²) in [6, 6.07) is 9.30. The average molecular weight is 395 g/mol. The molecule has 0 saturated heterocycles. The zero-order valence-corrected chi connectivity index (χ0v) is 14.5. The Hall–Kier alpha value is -2.12. The highest BCUT2D eigenvalue weighted by atomic mass is 79.9. The van der Waals surface area contributed by atoms with E-state index in [1.54, 1.807) is 24.0 Å². The molecule has 2 heterocycles. The van der Waals surface area contributed by atoms with Crippen molar-refractivity contribution in [2.75, 3.05) is 5.32 Å². The Kier molecular flexibility index (Phi) is 4.49. The van der Waals surface area contributed by atoms with Crippen molar-refractivity contribution >= 4 is 39.3 Å².